The van der Waals surface area contributed by atoms with Crippen LogP contribution in [0.3, 0.4) is 0 Å². The van der Waals surface area contributed by atoms with E-state index in [9.17, 15) is 4.79 Å². The van der Waals surface area contributed by atoms with Crippen LogP contribution in [0, 0.1) is 0 Å². The molecular formula is C16H25NO2. The minimum atomic E-state index is 0.0549. The largest absolute Gasteiger partial charge is 0.508 e. The number of hydrogen-bond acceptors (Lipinski definition) is 2. The van der Waals surface area contributed by atoms with E-state index in [1.165, 1.54) is 32.1 Å². The number of nitrogens with one attached hydrogen (secondary N) is 1. The molecule has 0 atom stereocenters. The van der Waals surface area contributed by atoms with Crippen molar-refractivity contribution in [2.75, 3.05) is 5.32 Å². The van der Waals surface area contributed by atoms with E-state index >= 15 is 0 Å². The summed E-state index contributed by atoms with van der Waals surface area (Å²) in [6, 6.07) is 6.56. The molecule has 1 amide bonds. The van der Waals surface area contributed by atoms with E-state index in [0.29, 0.717) is 6.42 Å². The van der Waals surface area contributed by atoms with Crippen molar-refractivity contribution in [3.63, 3.8) is 0 Å². The molecule has 3 heteroatoms. The standard InChI is InChI=1S/C16H25NO2/c1-2-3-4-5-6-7-8-9-16(19)17-14-10-12-15(18)13-11-14/h10-13,18H,2-9H2,1H3,(H,17,19). The van der Waals surface area contributed by atoms with E-state index in [0.717, 1.165) is 18.5 Å². The molecule has 0 heterocycles. The zero-order valence-corrected chi connectivity index (χ0v) is 11.8. The van der Waals surface area contributed by atoms with Crippen LogP contribution >= 0.6 is 0 Å². The van der Waals surface area contributed by atoms with Crippen molar-refractivity contribution in [1.29, 1.82) is 0 Å². The van der Waals surface area contributed by atoms with Gasteiger partial charge in [-0.3, -0.25) is 4.79 Å². The molecule has 0 bridgehead atoms. The van der Waals surface area contributed by atoms with Crippen molar-refractivity contribution in [1.82, 2.24) is 0 Å². The number of amides is 1. The fourth-order valence-electron chi connectivity index (χ4n) is 2.01. The van der Waals surface area contributed by atoms with Gasteiger partial charge in [-0.15, -0.1) is 0 Å². The Morgan fingerprint density at radius 2 is 1.58 bits per heavy atom. The van der Waals surface area contributed by atoms with E-state index in [2.05, 4.69) is 12.2 Å². The minimum absolute atomic E-state index is 0.0549. The average molecular weight is 263 g/mol. The quantitative estimate of drug-likeness (QED) is 0.510. The Balaban J connectivity index is 2.06. The van der Waals surface area contributed by atoms with Crippen molar-refractivity contribution in [3.05, 3.63) is 24.3 Å². The van der Waals surface area contributed by atoms with Crippen molar-refractivity contribution in [2.45, 2.75) is 58.3 Å². The van der Waals surface area contributed by atoms with Crippen LogP contribution in [0.1, 0.15) is 58.3 Å². The van der Waals surface area contributed by atoms with Crippen LogP contribution in [0.25, 0.3) is 0 Å². The predicted molar refractivity (Wildman–Crippen MR) is 79.3 cm³/mol. The van der Waals surface area contributed by atoms with Crippen LogP contribution in [-0.4, -0.2) is 11.0 Å². The molecule has 0 radical (unpaired) electrons. The number of hydrogen-bond donors (Lipinski definition) is 2. The highest BCUT2D eigenvalue weighted by molar-refractivity contribution is 5.90. The molecule has 1 aromatic rings. The fraction of sp³-hybridized carbons (Fsp3) is 0.562. The molecule has 0 unspecified atom stereocenters. The Morgan fingerprint density at radius 3 is 2.21 bits per heavy atom. The lowest BCUT2D eigenvalue weighted by Crippen LogP contribution is -2.10. The van der Waals surface area contributed by atoms with Crippen LogP contribution in [0.15, 0.2) is 24.3 Å². The molecule has 19 heavy (non-hydrogen) atoms. The lowest BCUT2D eigenvalue weighted by molar-refractivity contribution is -0.116. The van der Waals surface area contributed by atoms with E-state index in [1.807, 2.05) is 0 Å². The predicted octanol–water partition coefficient (Wildman–Crippen LogP) is 4.47. The minimum Gasteiger partial charge on any atom is -0.508 e. The average Bonchev–Trinajstić information content (AvgIpc) is 2.40. The molecule has 0 aromatic heterocycles. The molecule has 0 aliphatic carbocycles. The summed E-state index contributed by atoms with van der Waals surface area (Å²) in [4.78, 5) is 11.7. The molecule has 0 saturated carbocycles. The topological polar surface area (TPSA) is 49.3 Å². The highest BCUT2D eigenvalue weighted by Gasteiger charge is 2.02. The molecule has 3 nitrogen and oxygen atoms in total. The Kier molecular flexibility index (Phi) is 7.71. The molecular weight excluding hydrogens is 238 g/mol. The molecule has 0 spiro atoms. The third kappa shape index (κ3) is 7.50. The maximum Gasteiger partial charge on any atom is 0.224 e. The molecule has 2 N–H and O–H groups in total. The van der Waals surface area contributed by atoms with Gasteiger partial charge in [-0.2, -0.15) is 0 Å². The first-order valence-electron chi connectivity index (χ1n) is 7.31. The molecule has 0 fully saturated rings. The van der Waals surface area contributed by atoms with E-state index < -0.39 is 0 Å². The second-order valence-electron chi connectivity index (χ2n) is 4.97. The number of phenolic OH excluding ortho intramolecular Hbond substituents is 1. The van der Waals surface area contributed by atoms with Gasteiger partial charge < -0.3 is 10.4 Å². The molecule has 1 rings (SSSR count). The van der Waals surface area contributed by atoms with Crippen LogP contribution in [0.5, 0.6) is 5.75 Å². The number of rotatable bonds is 9. The normalized spacial score (nSPS) is 10.4. The van der Waals surface area contributed by atoms with Gasteiger partial charge in [0.15, 0.2) is 0 Å². The van der Waals surface area contributed by atoms with Crippen LogP contribution in [0.4, 0.5) is 5.69 Å². The Bertz CT molecular complexity index is 360. The maximum absolute atomic E-state index is 11.7. The summed E-state index contributed by atoms with van der Waals surface area (Å²) in [5.74, 6) is 0.268. The van der Waals surface area contributed by atoms with E-state index in [-0.39, 0.29) is 11.7 Å². The summed E-state index contributed by atoms with van der Waals surface area (Å²) in [7, 11) is 0. The summed E-state index contributed by atoms with van der Waals surface area (Å²) in [5.41, 5.74) is 0.741. The first-order valence-corrected chi connectivity index (χ1v) is 7.31. The number of phenols is 1. The smallest absolute Gasteiger partial charge is 0.224 e. The van der Waals surface area contributed by atoms with Gasteiger partial charge in [0.1, 0.15) is 5.75 Å². The summed E-state index contributed by atoms with van der Waals surface area (Å²) in [6.07, 6.45) is 9.09. The second-order valence-corrected chi connectivity index (χ2v) is 4.97. The van der Waals surface area contributed by atoms with Crippen LogP contribution < -0.4 is 5.32 Å². The number of anilines is 1. The zero-order valence-electron chi connectivity index (χ0n) is 11.8. The molecule has 0 aliphatic rings. The molecule has 0 aliphatic heterocycles. The summed E-state index contributed by atoms with van der Waals surface area (Å²) >= 11 is 0. The monoisotopic (exact) mass is 263 g/mol. The number of benzene rings is 1. The fourth-order valence-corrected chi connectivity index (χ4v) is 2.01. The number of unbranched alkanes of at least 4 members (excludes halogenated alkanes) is 6. The number of aromatic hydroxyl groups is 1. The molecule has 1 aromatic carbocycles. The second kappa shape index (κ2) is 9.42. The summed E-state index contributed by atoms with van der Waals surface area (Å²) in [6.45, 7) is 2.22. The van der Waals surface area contributed by atoms with Crippen molar-refractivity contribution >= 4 is 11.6 Å². The SMILES string of the molecule is CCCCCCCCCC(=O)Nc1ccc(O)cc1. The first-order chi connectivity index (χ1) is 9.22. The number of carbonyl (C=O) groups is 1. The van der Waals surface area contributed by atoms with Crippen molar-refractivity contribution in [3.8, 4) is 5.75 Å². The van der Waals surface area contributed by atoms with Gasteiger partial charge in [-0.1, -0.05) is 45.4 Å². The Morgan fingerprint density at radius 1 is 1.00 bits per heavy atom. The summed E-state index contributed by atoms with van der Waals surface area (Å²) < 4.78 is 0. The molecule has 0 saturated heterocycles. The van der Waals surface area contributed by atoms with Crippen LogP contribution in [0.2, 0.25) is 0 Å². The van der Waals surface area contributed by atoms with Gasteiger partial charge in [0.25, 0.3) is 0 Å². The maximum atomic E-state index is 11.7. The summed E-state index contributed by atoms with van der Waals surface area (Å²) in [5, 5.41) is 12.0. The third-order valence-corrected chi connectivity index (χ3v) is 3.16. The van der Waals surface area contributed by atoms with Gasteiger partial charge >= 0.3 is 0 Å². The highest BCUT2D eigenvalue weighted by atomic mass is 16.3. The van der Waals surface area contributed by atoms with Crippen molar-refractivity contribution < 1.29 is 9.90 Å². The van der Waals surface area contributed by atoms with Gasteiger partial charge in [0.2, 0.25) is 5.91 Å². The van der Waals surface area contributed by atoms with E-state index in [4.69, 9.17) is 5.11 Å². The zero-order chi connectivity index (χ0) is 13.9. The van der Waals surface area contributed by atoms with Gasteiger partial charge in [-0.25, -0.2) is 0 Å². The van der Waals surface area contributed by atoms with Gasteiger partial charge in [0.05, 0.1) is 0 Å². The lowest BCUT2D eigenvalue weighted by atomic mass is 10.1. The molecule has 106 valence electrons. The Labute approximate surface area is 116 Å². The van der Waals surface area contributed by atoms with Crippen molar-refractivity contribution in [2.24, 2.45) is 0 Å². The first kappa shape index (κ1) is 15.5. The number of carbonyl (C=O) groups excluding carboxylic acids is 1. The third-order valence-electron chi connectivity index (χ3n) is 3.16. The lowest BCUT2D eigenvalue weighted by Gasteiger charge is -2.05. The van der Waals surface area contributed by atoms with Crippen LogP contribution in [-0.2, 0) is 4.79 Å². The van der Waals surface area contributed by atoms with E-state index in [1.54, 1.807) is 24.3 Å². The highest BCUT2D eigenvalue weighted by Crippen LogP contribution is 2.14. The Hall–Kier alpha value is -1.51. The van der Waals surface area contributed by atoms with Gasteiger partial charge in [-0.05, 0) is 30.7 Å². The van der Waals surface area contributed by atoms with Gasteiger partial charge in [0, 0.05) is 12.1 Å².